The molecule has 6 nitrogen and oxygen atoms in total. The van der Waals surface area contributed by atoms with E-state index >= 15 is 0 Å². The fraction of sp³-hybridized carbons (Fsp3) is 0.267. The van der Waals surface area contributed by atoms with E-state index in [4.69, 9.17) is 0 Å². The number of aryl methyl sites for hydroxylation is 3. The van der Waals surface area contributed by atoms with Gasteiger partial charge >= 0.3 is 5.97 Å². The highest BCUT2D eigenvalue weighted by Crippen LogP contribution is 2.21. The van der Waals surface area contributed by atoms with Gasteiger partial charge in [-0.25, -0.2) is 4.79 Å². The summed E-state index contributed by atoms with van der Waals surface area (Å²) in [5.41, 5.74) is 2.13. The minimum Gasteiger partial charge on any atom is -0.478 e. The summed E-state index contributed by atoms with van der Waals surface area (Å²) in [7, 11) is 1.74. The van der Waals surface area contributed by atoms with Crippen LogP contribution in [0, 0.1) is 6.92 Å². The number of anilines is 1. The van der Waals surface area contributed by atoms with E-state index in [1.165, 1.54) is 0 Å². The van der Waals surface area contributed by atoms with Gasteiger partial charge in [-0.3, -0.25) is 9.48 Å². The van der Waals surface area contributed by atoms with Gasteiger partial charge in [-0.05, 0) is 25.0 Å². The first kappa shape index (κ1) is 14.8. The van der Waals surface area contributed by atoms with Crippen molar-refractivity contribution in [3.8, 4) is 0 Å². The molecular weight excluding hydrogens is 270 g/mol. The van der Waals surface area contributed by atoms with Crippen molar-refractivity contribution < 1.29 is 14.7 Å². The Balaban J connectivity index is 2.36. The van der Waals surface area contributed by atoms with Crippen molar-refractivity contribution in [2.75, 3.05) is 5.32 Å². The average Bonchev–Trinajstić information content (AvgIpc) is 2.79. The minimum atomic E-state index is -1.06. The number of carbonyl (C=O) groups excluding carboxylic acids is 1. The number of carboxylic acids is 1. The monoisotopic (exact) mass is 287 g/mol. The van der Waals surface area contributed by atoms with E-state index in [-0.39, 0.29) is 11.5 Å². The Morgan fingerprint density at radius 3 is 2.71 bits per heavy atom. The Labute approximate surface area is 122 Å². The van der Waals surface area contributed by atoms with Gasteiger partial charge in [-0.1, -0.05) is 19.1 Å². The third kappa shape index (κ3) is 2.94. The Morgan fingerprint density at radius 2 is 2.10 bits per heavy atom. The lowest BCUT2D eigenvalue weighted by Gasteiger charge is -2.10. The zero-order valence-electron chi connectivity index (χ0n) is 12.2. The lowest BCUT2D eigenvalue weighted by molar-refractivity contribution is 0.0697. The average molecular weight is 287 g/mol. The van der Waals surface area contributed by atoms with Gasteiger partial charge in [0.25, 0.3) is 5.91 Å². The number of aromatic nitrogens is 2. The molecule has 0 saturated heterocycles. The number of nitrogens with one attached hydrogen (secondary N) is 1. The summed E-state index contributed by atoms with van der Waals surface area (Å²) in [5, 5.41) is 16.1. The molecule has 0 radical (unpaired) electrons. The SMILES string of the molecule is CCc1nn(C)cc1C(=O)Nc1cccc(C)c1C(=O)O. The van der Waals surface area contributed by atoms with Crippen LogP contribution in [0.2, 0.25) is 0 Å². The summed E-state index contributed by atoms with van der Waals surface area (Å²) in [4.78, 5) is 23.7. The second-order valence-electron chi connectivity index (χ2n) is 4.77. The summed E-state index contributed by atoms with van der Waals surface area (Å²) in [6.07, 6.45) is 2.26. The minimum absolute atomic E-state index is 0.104. The number of aromatic carboxylic acids is 1. The van der Waals surface area contributed by atoms with E-state index in [0.717, 1.165) is 0 Å². The second-order valence-corrected chi connectivity index (χ2v) is 4.77. The van der Waals surface area contributed by atoms with Crippen LogP contribution in [0.3, 0.4) is 0 Å². The van der Waals surface area contributed by atoms with E-state index in [2.05, 4.69) is 10.4 Å². The van der Waals surface area contributed by atoms with Crippen molar-refractivity contribution >= 4 is 17.6 Å². The molecule has 1 amide bonds. The third-order valence-corrected chi connectivity index (χ3v) is 3.22. The molecule has 0 bridgehead atoms. The van der Waals surface area contributed by atoms with Crippen molar-refractivity contribution in [2.45, 2.75) is 20.3 Å². The first-order valence-electron chi connectivity index (χ1n) is 6.60. The smallest absolute Gasteiger partial charge is 0.338 e. The third-order valence-electron chi connectivity index (χ3n) is 3.22. The van der Waals surface area contributed by atoms with Crippen LogP contribution in [0.25, 0.3) is 0 Å². The predicted molar refractivity (Wildman–Crippen MR) is 78.7 cm³/mol. The molecule has 0 aliphatic carbocycles. The number of rotatable bonds is 4. The van der Waals surface area contributed by atoms with Crippen LogP contribution in [0.1, 0.15) is 38.9 Å². The molecule has 2 rings (SSSR count). The van der Waals surface area contributed by atoms with Crippen molar-refractivity contribution in [3.63, 3.8) is 0 Å². The Morgan fingerprint density at radius 1 is 1.38 bits per heavy atom. The molecule has 0 fully saturated rings. The Bertz CT molecular complexity index is 704. The molecule has 1 heterocycles. The molecule has 21 heavy (non-hydrogen) atoms. The molecule has 0 atom stereocenters. The first-order valence-corrected chi connectivity index (χ1v) is 6.60. The van der Waals surface area contributed by atoms with Gasteiger partial charge in [0, 0.05) is 13.2 Å². The number of carbonyl (C=O) groups is 2. The lowest BCUT2D eigenvalue weighted by atomic mass is 10.1. The quantitative estimate of drug-likeness (QED) is 0.903. The molecule has 110 valence electrons. The van der Waals surface area contributed by atoms with Crippen LogP contribution >= 0.6 is 0 Å². The fourth-order valence-electron chi connectivity index (χ4n) is 2.23. The fourth-order valence-corrected chi connectivity index (χ4v) is 2.23. The van der Waals surface area contributed by atoms with Crippen molar-refractivity contribution in [1.29, 1.82) is 0 Å². The van der Waals surface area contributed by atoms with Gasteiger partial charge < -0.3 is 10.4 Å². The lowest BCUT2D eigenvalue weighted by Crippen LogP contribution is -2.16. The Hall–Kier alpha value is -2.63. The number of benzene rings is 1. The number of hydrogen-bond acceptors (Lipinski definition) is 3. The predicted octanol–water partition coefficient (Wildman–Crippen LogP) is 2.24. The van der Waals surface area contributed by atoms with Crippen LogP contribution in [-0.4, -0.2) is 26.8 Å². The molecule has 0 spiro atoms. The number of carboxylic acid groups (broad SMARTS) is 1. The molecule has 2 aromatic rings. The summed E-state index contributed by atoms with van der Waals surface area (Å²) in [5.74, 6) is -1.42. The van der Waals surface area contributed by atoms with E-state index in [1.54, 1.807) is 43.0 Å². The van der Waals surface area contributed by atoms with Gasteiger partial charge in [0.05, 0.1) is 22.5 Å². The van der Waals surface area contributed by atoms with Crippen molar-refractivity contribution in [1.82, 2.24) is 9.78 Å². The molecule has 2 N–H and O–H groups in total. The summed E-state index contributed by atoms with van der Waals surface area (Å²) < 4.78 is 1.57. The molecule has 0 saturated carbocycles. The molecule has 6 heteroatoms. The number of nitrogens with zero attached hydrogens (tertiary/aromatic N) is 2. The van der Waals surface area contributed by atoms with Crippen LogP contribution in [0.5, 0.6) is 0 Å². The van der Waals surface area contributed by atoms with Crippen LogP contribution in [-0.2, 0) is 13.5 Å². The van der Waals surface area contributed by atoms with Crippen LogP contribution < -0.4 is 5.32 Å². The molecular formula is C15H17N3O3. The van der Waals surface area contributed by atoms with Gasteiger partial charge in [-0.15, -0.1) is 0 Å². The zero-order valence-corrected chi connectivity index (χ0v) is 12.2. The summed E-state index contributed by atoms with van der Waals surface area (Å²) in [6.45, 7) is 3.61. The largest absolute Gasteiger partial charge is 0.478 e. The Kier molecular flexibility index (Phi) is 4.07. The highest BCUT2D eigenvalue weighted by atomic mass is 16.4. The molecule has 0 unspecified atom stereocenters. The van der Waals surface area contributed by atoms with Crippen LogP contribution in [0.4, 0.5) is 5.69 Å². The second kappa shape index (κ2) is 5.78. The van der Waals surface area contributed by atoms with E-state index in [0.29, 0.717) is 28.9 Å². The maximum absolute atomic E-state index is 12.3. The molecule has 1 aromatic heterocycles. The molecule has 1 aromatic carbocycles. The normalized spacial score (nSPS) is 10.4. The highest BCUT2D eigenvalue weighted by Gasteiger charge is 2.18. The first-order chi connectivity index (χ1) is 9.93. The van der Waals surface area contributed by atoms with E-state index in [1.807, 2.05) is 6.92 Å². The van der Waals surface area contributed by atoms with Crippen LogP contribution in [0.15, 0.2) is 24.4 Å². The zero-order chi connectivity index (χ0) is 15.6. The van der Waals surface area contributed by atoms with E-state index in [9.17, 15) is 14.7 Å². The number of hydrogen-bond donors (Lipinski definition) is 2. The summed E-state index contributed by atoms with van der Waals surface area (Å²) >= 11 is 0. The maximum atomic E-state index is 12.3. The molecule has 0 aliphatic heterocycles. The highest BCUT2D eigenvalue weighted by molar-refractivity contribution is 6.08. The number of amides is 1. The van der Waals surface area contributed by atoms with E-state index < -0.39 is 5.97 Å². The van der Waals surface area contributed by atoms with Gasteiger partial charge in [-0.2, -0.15) is 5.10 Å². The van der Waals surface area contributed by atoms with Gasteiger partial charge in [0.1, 0.15) is 0 Å². The summed E-state index contributed by atoms with van der Waals surface area (Å²) in [6, 6.07) is 4.98. The molecule has 0 aliphatic rings. The van der Waals surface area contributed by atoms with Gasteiger partial charge in [0.2, 0.25) is 0 Å². The standard InChI is InChI=1S/C15H17N3O3/c1-4-11-10(8-18(3)17-11)14(19)16-12-7-5-6-9(2)13(12)15(20)21/h5-8H,4H2,1-3H3,(H,16,19)(H,20,21). The maximum Gasteiger partial charge on any atom is 0.338 e. The van der Waals surface area contributed by atoms with Crippen molar-refractivity contribution in [2.24, 2.45) is 7.05 Å². The van der Waals surface area contributed by atoms with Gasteiger partial charge in [0.15, 0.2) is 0 Å². The van der Waals surface area contributed by atoms with Crippen molar-refractivity contribution in [3.05, 3.63) is 46.8 Å². The topological polar surface area (TPSA) is 84.2 Å².